The van der Waals surface area contributed by atoms with Crippen LogP contribution in [0.15, 0.2) is 59.1 Å². The third-order valence-corrected chi connectivity index (χ3v) is 9.37. The molecule has 0 radical (unpaired) electrons. The molecule has 2 heterocycles. The summed E-state index contributed by atoms with van der Waals surface area (Å²) in [6.07, 6.45) is 2.94. The number of aryl methyl sites for hydroxylation is 2. The van der Waals surface area contributed by atoms with Crippen LogP contribution in [0.2, 0.25) is 0 Å². The standard InChI is InChI=1S/C42H53N3O.2C2H6N.Hf/c1-13-36-39(32-17-14-15-20-37(32)46-36)35-23-45(12)42(43-35)41(44-40-30(25(4)5)18-16-19-31(40)26(6)7)38-33(27(8)9)21-29(24(2)3)22-34(38)28(10)11;2*1-3-2;/h14-16,18-28,41H,13H2,1-12H3;2*1-2H3;/q-2;2*-1;+4. The smallest absolute Gasteiger partial charge is 0.671 e. The van der Waals surface area contributed by atoms with Crippen molar-refractivity contribution < 1.29 is 30.3 Å². The zero-order chi connectivity index (χ0) is 38.9. The molecule has 0 aliphatic heterocycles. The summed E-state index contributed by atoms with van der Waals surface area (Å²) >= 11 is 0. The first-order chi connectivity index (χ1) is 24.7. The van der Waals surface area contributed by atoms with Gasteiger partial charge in [0.1, 0.15) is 0 Å². The second kappa shape index (κ2) is 21.2. The first-order valence-electron chi connectivity index (χ1n) is 19.1. The van der Waals surface area contributed by atoms with E-state index in [9.17, 15) is 0 Å². The van der Waals surface area contributed by atoms with Gasteiger partial charge in [-0.05, 0) is 69.9 Å². The summed E-state index contributed by atoms with van der Waals surface area (Å²) in [4.78, 5) is 5.48. The number of furan rings is 1. The molecule has 284 valence electrons. The quantitative estimate of drug-likeness (QED) is 0.0979. The van der Waals surface area contributed by atoms with Crippen molar-refractivity contribution in [3.05, 3.63) is 122 Å². The summed E-state index contributed by atoms with van der Waals surface area (Å²) in [5.41, 5.74) is 11.9. The van der Waals surface area contributed by atoms with Crippen LogP contribution in [-0.2, 0) is 39.3 Å². The van der Waals surface area contributed by atoms with Gasteiger partial charge in [0, 0.05) is 18.8 Å². The summed E-state index contributed by atoms with van der Waals surface area (Å²) in [6, 6.07) is 20.7. The molecule has 2 aromatic heterocycles. The van der Waals surface area contributed by atoms with E-state index < -0.39 is 0 Å². The third-order valence-electron chi connectivity index (χ3n) is 9.37. The van der Waals surface area contributed by atoms with Crippen LogP contribution in [0.1, 0.15) is 157 Å². The average molecular weight is 883 g/mol. The van der Waals surface area contributed by atoms with Crippen molar-refractivity contribution in [1.82, 2.24) is 9.55 Å². The second-order valence-electron chi connectivity index (χ2n) is 15.4. The minimum atomic E-state index is -0.292. The van der Waals surface area contributed by atoms with Gasteiger partial charge in [0.2, 0.25) is 0 Å². The number of para-hydroxylation sites is 1. The van der Waals surface area contributed by atoms with E-state index in [1.807, 2.05) is 18.2 Å². The minimum Gasteiger partial charge on any atom is -0.671 e. The molecule has 6 nitrogen and oxygen atoms in total. The molecule has 0 fully saturated rings. The molecule has 7 heteroatoms. The summed E-state index contributed by atoms with van der Waals surface area (Å²) in [7, 11) is 9.12. The van der Waals surface area contributed by atoms with Crippen molar-refractivity contribution >= 4 is 16.7 Å². The summed E-state index contributed by atoms with van der Waals surface area (Å²) in [5.74, 6) is 3.65. The Morgan fingerprint density at radius 1 is 0.736 bits per heavy atom. The average Bonchev–Trinajstić information content (AvgIpc) is 3.66. The zero-order valence-electron chi connectivity index (χ0n) is 35.5. The first-order valence-corrected chi connectivity index (χ1v) is 19.1. The van der Waals surface area contributed by atoms with Gasteiger partial charge in [-0.3, -0.25) is 0 Å². The van der Waals surface area contributed by atoms with Gasteiger partial charge in [-0.2, -0.15) is 28.2 Å². The molecular weight excluding hydrogens is 817 g/mol. The number of benzene rings is 3. The third kappa shape index (κ3) is 10.8. The molecule has 0 N–H and O–H groups in total. The van der Waals surface area contributed by atoms with Crippen LogP contribution in [0.4, 0.5) is 5.69 Å². The first kappa shape index (κ1) is 46.2. The van der Waals surface area contributed by atoms with E-state index in [1.54, 1.807) is 28.2 Å². The maximum atomic E-state index is 6.31. The van der Waals surface area contributed by atoms with E-state index in [2.05, 4.69) is 141 Å². The van der Waals surface area contributed by atoms with Gasteiger partial charge >= 0.3 is 25.8 Å². The number of fused-ring (bicyclic) bond motifs is 1. The monoisotopic (exact) mass is 883 g/mol. The Labute approximate surface area is 341 Å². The molecule has 0 saturated heterocycles. The van der Waals surface area contributed by atoms with Crippen LogP contribution >= 0.6 is 0 Å². The summed E-state index contributed by atoms with van der Waals surface area (Å²) < 4.78 is 8.51. The predicted molar refractivity (Wildman–Crippen MR) is 225 cm³/mol. The minimum absolute atomic E-state index is 0. The van der Waals surface area contributed by atoms with Gasteiger partial charge in [-0.15, -0.1) is 30.0 Å². The van der Waals surface area contributed by atoms with Gasteiger partial charge in [0.15, 0.2) is 0 Å². The van der Waals surface area contributed by atoms with E-state index in [-0.39, 0.29) is 31.9 Å². The SMILES string of the molecule is CCc1oc2ccc[c-]c2c1-c1cn(C)c(C([N-]c2c(C(C)C)cccc2C(C)C)c2c(C(C)C)cc(C(C)C)cc2C(C)C)n1.C[N-]C.C[N-]C.[Hf+4]. The number of rotatable bonds is 11. The van der Waals surface area contributed by atoms with Gasteiger partial charge in [0.25, 0.3) is 0 Å². The topological polar surface area (TPSA) is 73.3 Å². The van der Waals surface area contributed by atoms with E-state index in [1.165, 1.54) is 33.4 Å². The van der Waals surface area contributed by atoms with Crippen molar-refractivity contribution in [2.24, 2.45) is 7.05 Å². The van der Waals surface area contributed by atoms with Gasteiger partial charge in [-0.25, -0.2) is 4.98 Å². The van der Waals surface area contributed by atoms with Crippen LogP contribution in [-0.4, -0.2) is 37.7 Å². The maximum Gasteiger partial charge on any atom is 4.00 e. The Morgan fingerprint density at radius 3 is 1.70 bits per heavy atom. The van der Waals surface area contributed by atoms with E-state index in [0.717, 1.165) is 45.9 Å². The molecular formula is C46H65HfN5O. The maximum absolute atomic E-state index is 6.31. The molecule has 0 amide bonds. The Kier molecular flexibility index (Phi) is 18.4. The molecule has 0 aliphatic rings. The van der Waals surface area contributed by atoms with Crippen LogP contribution in [0, 0.1) is 6.07 Å². The van der Waals surface area contributed by atoms with Crippen LogP contribution < -0.4 is 0 Å². The molecule has 5 rings (SSSR count). The molecule has 0 aliphatic carbocycles. The summed E-state index contributed by atoms with van der Waals surface area (Å²) in [5, 5.41) is 13.8. The molecule has 1 atom stereocenters. The Morgan fingerprint density at radius 2 is 1.25 bits per heavy atom. The molecule has 53 heavy (non-hydrogen) atoms. The number of hydrogen-bond donors (Lipinski definition) is 0. The van der Waals surface area contributed by atoms with Gasteiger partial charge in [-0.1, -0.05) is 123 Å². The van der Waals surface area contributed by atoms with Crippen LogP contribution in [0.5, 0.6) is 0 Å². The molecule has 0 bridgehead atoms. The van der Waals surface area contributed by atoms with E-state index in [4.69, 9.17) is 14.7 Å². The molecule has 0 spiro atoms. The normalized spacial score (nSPS) is 11.9. The van der Waals surface area contributed by atoms with E-state index in [0.29, 0.717) is 29.6 Å². The molecule has 3 aromatic carbocycles. The fourth-order valence-electron chi connectivity index (χ4n) is 6.77. The molecule has 5 aromatic rings. The Bertz CT molecular complexity index is 1810. The van der Waals surface area contributed by atoms with Crippen molar-refractivity contribution in [2.45, 2.75) is 118 Å². The number of nitrogens with zero attached hydrogens (tertiary/aromatic N) is 5. The largest absolute Gasteiger partial charge is 4.00 e. The second-order valence-corrected chi connectivity index (χ2v) is 15.4. The number of hydrogen-bond acceptors (Lipinski definition) is 2. The van der Waals surface area contributed by atoms with Gasteiger partial charge in [0.05, 0.1) is 17.3 Å². The fourth-order valence-corrected chi connectivity index (χ4v) is 6.77. The Hall–Kier alpha value is -3.00. The predicted octanol–water partition coefficient (Wildman–Crippen LogP) is 13.8. The fraction of sp³-hybridized carbons (Fsp3) is 0.500. The van der Waals surface area contributed by atoms with Crippen molar-refractivity contribution in [3.63, 3.8) is 0 Å². The van der Waals surface area contributed by atoms with Crippen LogP contribution in [0.25, 0.3) is 38.2 Å². The number of aromatic nitrogens is 2. The zero-order valence-corrected chi connectivity index (χ0v) is 39.1. The molecule has 0 saturated carbocycles. The summed E-state index contributed by atoms with van der Waals surface area (Å²) in [6.45, 7) is 25.1. The van der Waals surface area contributed by atoms with E-state index >= 15 is 0 Å². The van der Waals surface area contributed by atoms with Gasteiger partial charge < -0.3 is 24.9 Å². The Balaban J connectivity index is 0.00000130. The van der Waals surface area contributed by atoms with Crippen molar-refractivity contribution in [2.75, 3.05) is 28.2 Å². The molecule has 1 unspecified atom stereocenters. The number of imidazole rings is 1. The van der Waals surface area contributed by atoms with Crippen molar-refractivity contribution in [1.29, 1.82) is 0 Å². The van der Waals surface area contributed by atoms with Crippen LogP contribution in [0.3, 0.4) is 0 Å². The van der Waals surface area contributed by atoms with Crippen molar-refractivity contribution in [3.8, 4) is 11.3 Å².